The summed E-state index contributed by atoms with van der Waals surface area (Å²) in [6.07, 6.45) is 2.37. The smallest absolute Gasteiger partial charge is 0.218 e. The molecule has 3 nitrogen and oxygen atoms in total. The van der Waals surface area contributed by atoms with Crippen molar-refractivity contribution in [2.24, 2.45) is 0 Å². The van der Waals surface area contributed by atoms with Crippen molar-refractivity contribution in [1.29, 1.82) is 0 Å². The van der Waals surface area contributed by atoms with Crippen LogP contribution >= 0.6 is 31.9 Å². The zero-order chi connectivity index (χ0) is 13.2. The molecule has 1 aromatic carbocycles. The van der Waals surface area contributed by atoms with Gasteiger partial charge in [0.05, 0.1) is 0 Å². The van der Waals surface area contributed by atoms with Gasteiger partial charge in [-0.1, -0.05) is 28.1 Å². The Morgan fingerprint density at radius 1 is 1.11 bits per heavy atom. The molecule has 0 radical (unpaired) electrons. The Bertz CT molecular complexity index is 582. The van der Waals surface area contributed by atoms with E-state index in [-0.39, 0.29) is 0 Å². The fourth-order valence-corrected chi connectivity index (χ4v) is 2.39. The lowest BCUT2D eigenvalue weighted by atomic mass is 10.2. The highest BCUT2D eigenvalue weighted by Gasteiger charge is 2.27. The van der Waals surface area contributed by atoms with Gasteiger partial charge in [0.25, 0.3) is 0 Å². The summed E-state index contributed by atoms with van der Waals surface area (Å²) in [7, 11) is 0. The number of rotatable bonds is 4. The van der Waals surface area contributed by atoms with Crippen LogP contribution in [0.5, 0.6) is 5.88 Å². The van der Waals surface area contributed by atoms with E-state index in [1.165, 1.54) is 12.8 Å². The SMILES string of the molecule is Brc1ccc(COc2cc(Br)nc(C3CC3)n2)cc1. The predicted octanol–water partition coefficient (Wildman–Crippen LogP) is 4.46. The molecule has 0 amide bonds. The van der Waals surface area contributed by atoms with E-state index in [0.717, 1.165) is 20.5 Å². The highest BCUT2D eigenvalue weighted by Crippen LogP contribution is 2.39. The first-order valence-electron chi connectivity index (χ1n) is 6.12. The molecule has 0 atom stereocenters. The predicted molar refractivity (Wildman–Crippen MR) is 80.2 cm³/mol. The number of ether oxygens (including phenoxy) is 1. The van der Waals surface area contributed by atoms with Crippen molar-refractivity contribution in [1.82, 2.24) is 9.97 Å². The van der Waals surface area contributed by atoms with Gasteiger partial charge in [0.2, 0.25) is 5.88 Å². The van der Waals surface area contributed by atoms with Crippen LogP contribution in [-0.2, 0) is 6.61 Å². The molecule has 5 heteroatoms. The Labute approximate surface area is 128 Å². The lowest BCUT2D eigenvalue weighted by Crippen LogP contribution is -2.01. The van der Waals surface area contributed by atoms with Crippen molar-refractivity contribution in [2.45, 2.75) is 25.4 Å². The normalized spacial score (nSPS) is 14.4. The zero-order valence-electron chi connectivity index (χ0n) is 10.1. The lowest BCUT2D eigenvalue weighted by Gasteiger charge is -2.07. The van der Waals surface area contributed by atoms with Crippen LogP contribution in [0.15, 0.2) is 39.4 Å². The summed E-state index contributed by atoms with van der Waals surface area (Å²) in [5, 5.41) is 0. The van der Waals surface area contributed by atoms with Gasteiger partial charge in [0, 0.05) is 16.5 Å². The van der Waals surface area contributed by atoms with Crippen molar-refractivity contribution in [3.05, 3.63) is 50.8 Å². The van der Waals surface area contributed by atoms with Gasteiger partial charge in [-0.3, -0.25) is 0 Å². The van der Waals surface area contributed by atoms with Crippen molar-refractivity contribution in [3.63, 3.8) is 0 Å². The van der Waals surface area contributed by atoms with Crippen molar-refractivity contribution in [3.8, 4) is 5.88 Å². The van der Waals surface area contributed by atoms with Gasteiger partial charge in [-0.25, -0.2) is 4.98 Å². The van der Waals surface area contributed by atoms with Crippen LogP contribution < -0.4 is 4.74 Å². The topological polar surface area (TPSA) is 35.0 Å². The molecule has 1 fully saturated rings. The molecule has 1 saturated carbocycles. The summed E-state index contributed by atoms with van der Waals surface area (Å²) in [6, 6.07) is 9.88. The number of hydrogen-bond acceptors (Lipinski definition) is 3. The van der Waals surface area contributed by atoms with Gasteiger partial charge in [-0.05, 0) is 46.5 Å². The van der Waals surface area contributed by atoms with Crippen LogP contribution in [0.4, 0.5) is 0 Å². The Hall–Kier alpha value is -0.940. The number of benzene rings is 1. The van der Waals surface area contributed by atoms with Crippen LogP contribution in [0, 0.1) is 0 Å². The fraction of sp³-hybridized carbons (Fsp3) is 0.286. The van der Waals surface area contributed by atoms with Crippen molar-refractivity contribution in [2.75, 3.05) is 0 Å². The van der Waals surface area contributed by atoms with E-state index in [1.54, 1.807) is 0 Å². The van der Waals surface area contributed by atoms with Gasteiger partial charge < -0.3 is 4.74 Å². The maximum absolute atomic E-state index is 5.73. The van der Waals surface area contributed by atoms with Gasteiger partial charge in [-0.15, -0.1) is 0 Å². The van der Waals surface area contributed by atoms with Crippen LogP contribution in [0.1, 0.15) is 30.1 Å². The fourth-order valence-electron chi connectivity index (χ4n) is 1.75. The summed E-state index contributed by atoms with van der Waals surface area (Å²) in [5.41, 5.74) is 1.12. The second-order valence-electron chi connectivity index (χ2n) is 4.58. The quantitative estimate of drug-likeness (QED) is 0.731. The average Bonchev–Trinajstić information content (AvgIpc) is 3.22. The number of hydrogen-bond donors (Lipinski definition) is 0. The summed E-state index contributed by atoms with van der Waals surface area (Å²) in [6.45, 7) is 0.515. The van der Waals surface area contributed by atoms with Crippen LogP contribution in [0.3, 0.4) is 0 Å². The third-order valence-corrected chi connectivity index (χ3v) is 3.87. The van der Waals surface area contributed by atoms with Crippen molar-refractivity contribution >= 4 is 31.9 Å². The zero-order valence-corrected chi connectivity index (χ0v) is 13.3. The summed E-state index contributed by atoms with van der Waals surface area (Å²) in [4.78, 5) is 8.84. The molecule has 0 unspecified atom stereocenters. The maximum Gasteiger partial charge on any atom is 0.218 e. The van der Waals surface area contributed by atoms with E-state index in [4.69, 9.17) is 4.74 Å². The van der Waals surface area contributed by atoms with Crippen LogP contribution in [0.25, 0.3) is 0 Å². The molecule has 1 aromatic heterocycles. The van der Waals surface area contributed by atoms with Crippen LogP contribution in [0.2, 0.25) is 0 Å². The molecular weight excluding hydrogens is 372 g/mol. The van der Waals surface area contributed by atoms with E-state index in [1.807, 2.05) is 30.3 Å². The van der Waals surface area contributed by atoms with E-state index >= 15 is 0 Å². The molecule has 1 heterocycles. The number of aromatic nitrogens is 2. The molecule has 19 heavy (non-hydrogen) atoms. The molecule has 0 bridgehead atoms. The summed E-state index contributed by atoms with van der Waals surface area (Å²) >= 11 is 6.82. The van der Waals surface area contributed by atoms with E-state index < -0.39 is 0 Å². The maximum atomic E-state index is 5.73. The van der Waals surface area contributed by atoms with Gasteiger partial charge in [0.15, 0.2) is 0 Å². The first kappa shape index (κ1) is 13.1. The van der Waals surface area contributed by atoms with E-state index in [0.29, 0.717) is 18.4 Å². The Balaban J connectivity index is 1.70. The van der Waals surface area contributed by atoms with Gasteiger partial charge >= 0.3 is 0 Å². The Morgan fingerprint density at radius 3 is 2.53 bits per heavy atom. The monoisotopic (exact) mass is 382 g/mol. The first-order valence-corrected chi connectivity index (χ1v) is 7.71. The van der Waals surface area contributed by atoms with Crippen molar-refractivity contribution < 1.29 is 4.74 Å². The minimum absolute atomic E-state index is 0.515. The van der Waals surface area contributed by atoms with E-state index in [9.17, 15) is 0 Å². The standard InChI is InChI=1S/C14H12Br2N2O/c15-11-5-1-9(2-6-11)8-19-13-7-12(16)17-14(18-13)10-3-4-10/h1-2,5-7,10H,3-4,8H2. The minimum atomic E-state index is 0.515. The summed E-state index contributed by atoms with van der Waals surface area (Å²) < 4.78 is 7.59. The number of nitrogens with zero attached hydrogens (tertiary/aromatic N) is 2. The highest BCUT2D eigenvalue weighted by molar-refractivity contribution is 9.10. The number of halogens is 2. The second kappa shape index (κ2) is 5.59. The molecule has 0 aliphatic heterocycles. The van der Waals surface area contributed by atoms with Gasteiger partial charge in [-0.2, -0.15) is 4.98 Å². The molecule has 3 rings (SSSR count). The minimum Gasteiger partial charge on any atom is -0.473 e. The first-order chi connectivity index (χ1) is 9.20. The molecule has 1 aliphatic carbocycles. The van der Waals surface area contributed by atoms with Gasteiger partial charge in [0.1, 0.15) is 17.0 Å². The van der Waals surface area contributed by atoms with E-state index in [2.05, 4.69) is 41.8 Å². The van der Waals surface area contributed by atoms with Crippen LogP contribution in [-0.4, -0.2) is 9.97 Å². The molecule has 0 N–H and O–H groups in total. The largest absolute Gasteiger partial charge is 0.473 e. The third kappa shape index (κ3) is 3.54. The highest BCUT2D eigenvalue weighted by atomic mass is 79.9. The second-order valence-corrected chi connectivity index (χ2v) is 6.30. The molecule has 2 aromatic rings. The average molecular weight is 384 g/mol. The molecule has 0 saturated heterocycles. The molecule has 0 spiro atoms. The lowest BCUT2D eigenvalue weighted by molar-refractivity contribution is 0.292. The molecular formula is C14H12Br2N2O. The third-order valence-electron chi connectivity index (χ3n) is 2.93. The molecule has 1 aliphatic rings. The molecule has 98 valence electrons. The Morgan fingerprint density at radius 2 is 1.84 bits per heavy atom. The Kier molecular flexibility index (Phi) is 3.84. The summed E-state index contributed by atoms with van der Waals surface area (Å²) in [5.74, 6) is 2.04.